The molecule has 0 aliphatic rings. The minimum atomic E-state index is -2.33. The lowest BCUT2D eigenvalue weighted by Gasteiger charge is -2.09. The predicted molar refractivity (Wildman–Crippen MR) is 110 cm³/mol. The van der Waals surface area contributed by atoms with Crippen molar-refractivity contribution in [2.45, 2.75) is 109 Å². The molecular weight excluding hydrogens is 334 g/mol. The topological polar surface area (TPSA) is 9.23 Å². The molecule has 0 atom stereocenters. The number of alkyl halides is 2. The summed E-state index contributed by atoms with van der Waals surface area (Å²) in [5.74, 6) is 0. The number of ether oxygens (including phenoxy) is 1. The van der Waals surface area contributed by atoms with Crippen molar-refractivity contribution in [2.75, 3.05) is 13.2 Å². The van der Waals surface area contributed by atoms with Gasteiger partial charge in [0, 0.05) is 13.0 Å². The number of halogens is 2. The summed E-state index contributed by atoms with van der Waals surface area (Å²) in [6, 6.07) is 0. The molecule has 0 saturated carbocycles. The van der Waals surface area contributed by atoms with Crippen LogP contribution in [0.3, 0.4) is 0 Å². The largest absolute Gasteiger partial charge is 0.377 e. The Kier molecular flexibility index (Phi) is 17.1. The smallest absolute Gasteiger partial charge is 0.219 e. The van der Waals surface area contributed by atoms with Gasteiger partial charge in [0.25, 0.3) is 0 Å². The molecule has 150 valence electrons. The number of unbranched alkanes of at least 4 members (excludes halogenated alkanes) is 13. The molecule has 0 aliphatic heterocycles. The molecule has 0 unspecified atom stereocenters. The van der Waals surface area contributed by atoms with Crippen molar-refractivity contribution in [1.29, 1.82) is 0 Å². The highest BCUT2D eigenvalue weighted by Crippen LogP contribution is 2.18. The second kappa shape index (κ2) is 17.2. The zero-order valence-corrected chi connectivity index (χ0v) is 18.9. The van der Waals surface area contributed by atoms with Crippen molar-refractivity contribution in [3.05, 3.63) is 12.2 Å². The first-order chi connectivity index (χ1) is 11.9. The molecule has 0 saturated heterocycles. The van der Waals surface area contributed by atoms with Crippen molar-refractivity contribution in [3.63, 3.8) is 0 Å². The van der Waals surface area contributed by atoms with E-state index in [1.54, 1.807) is 0 Å². The highest BCUT2D eigenvalue weighted by atomic mass is 28.1. The van der Waals surface area contributed by atoms with Gasteiger partial charge >= 0.3 is 0 Å². The van der Waals surface area contributed by atoms with Crippen LogP contribution in [0.2, 0.25) is 0 Å². The summed E-state index contributed by atoms with van der Waals surface area (Å²) in [7, 11) is 0.00663. The lowest BCUT2D eigenvalue weighted by Crippen LogP contribution is -2.14. The zero-order chi connectivity index (χ0) is 18.8. The summed E-state index contributed by atoms with van der Waals surface area (Å²) in [5, 5.41) is 0. The van der Waals surface area contributed by atoms with E-state index in [2.05, 4.69) is 6.58 Å². The van der Waals surface area contributed by atoms with E-state index in [4.69, 9.17) is 4.74 Å². The van der Waals surface area contributed by atoms with Gasteiger partial charge in [-0.05, 0) is 19.8 Å². The highest BCUT2D eigenvalue weighted by molar-refractivity contribution is 6.13. The first kappa shape index (κ1) is 24.8. The fraction of sp³-hybridized carbons (Fsp3) is 0.905. The maximum Gasteiger partial charge on any atom is 0.219 e. The zero-order valence-electron chi connectivity index (χ0n) is 16.9. The monoisotopic (exact) mass is 376 g/mol. The molecule has 0 radical (unpaired) electrons. The molecule has 0 amide bonds. The van der Waals surface area contributed by atoms with Crippen LogP contribution in [0, 0.1) is 0 Å². The van der Waals surface area contributed by atoms with Crippen molar-refractivity contribution in [1.82, 2.24) is 0 Å². The fourth-order valence-electron chi connectivity index (χ4n) is 3.01. The van der Waals surface area contributed by atoms with Gasteiger partial charge in [-0.25, -0.2) is 8.78 Å². The Labute approximate surface area is 158 Å². The summed E-state index contributed by atoms with van der Waals surface area (Å²) >= 11 is 0. The third kappa shape index (κ3) is 23.8. The molecule has 0 rings (SSSR count). The van der Waals surface area contributed by atoms with Crippen LogP contribution >= 0.6 is 0 Å². The van der Waals surface area contributed by atoms with Crippen molar-refractivity contribution in [3.8, 4) is 0 Å². The van der Waals surface area contributed by atoms with Crippen LogP contribution in [0.25, 0.3) is 0 Å². The molecule has 0 aliphatic carbocycles. The Balaban J connectivity index is 3.04. The van der Waals surface area contributed by atoms with E-state index < -0.39 is 5.55 Å². The van der Waals surface area contributed by atoms with Crippen LogP contribution in [0.4, 0.5) is 8.78 Å². The maximum atomic E-state index is 12.7. The van der Waals surface area contributed by atoms with E-state index in [9.17, 15) is 8.78 Å². The molecule has 25 heavy (non-hydrogen) atoms. The van der Waals surface area contributed by atoms with E-state index in [-0.39, 0.29) is 16.7 Å². The minimum absolute atomic E-state index is 0.00663. The normalized spacial score (nSPS) is 12.0. The van der Waals surface area contributed by atoms with Crippen LogP contribution in [0.15, 0.2) is 12.2 Å². The Morgan fingerprint density at radius 1 is 0.760 bits per heavy atom. The third-order valence-electron chi connectivity index (χ3n) is 4.50. The van der Waals surface area contributed by atoms with E-state index in [1.165, 1.54) is 70.6 Å². The van der Waals surface area contributed by atoms with Crippen LogP contribution in [0.1, 0.15) is 103 Å². The van der Waals surface area contributed by atoms with Crippen molar-refractivity contribution in [2.24, 2.45) is 0 Å². The third-order valence-corrected chi connectivity index (χ3v) is 5.00. The van der Waals surface area contributed by atoms with Crippen LogP contribution in [-0.2, 0) is 4.74 Å². The summed E-state index contributed by atoms with van der Waals surface area (Å²) in [5.41, 5.74) is -1.24. The van der Waals surface area contributed by atoms with E-state index in [1.807, 2.05) is 6.92 Å². The number of hydrogen-bond donors (Lipinski definition) is 0. The Morgan fingerprint density at radius 3 is 1.48 bits per heavy atom. The second-order valence-electron chi connectivity index (χ2n) is 7.78. The SMILES string of the molecule is C=C(C)COCCCCCCCCCCCCCCCCC(F)(F)[SiH3]. The Morgan fingerprint density at radius 2 is 1.12 bits per heavy atom. The summed E-state index contributed by atoms with van der Waals surface area (Å²) in [6.07, 6.45) is 17.3. The van der Waals surface area contributed by atoms with Gasteiger partial charge in [-0.2, -0.15) is 0 Å². The number of hydrogen-bond acceptors (Lipinski definition) is 1. The van der Waals surface area contributed by atoms with Gasteiger partial charge in [0.1, 0.15) is 0 Å². The summed E-state index contributed by atoms with van der Waals surface area (Å²) < 4.78 is 30.9. The van der Waals surface area contributed by atoms with E-state index in [0.717, 1.165) is 25.0 Å². The first-order valence-corrected chi connectivity index (χ1v) is 11.5. The van der Waals surface area contributed by atoms with Gasteiger partial charge < -0.3 is 4.74 Å². The second-order valence-corrected chi connectivity index (χ2v) is 9.24. The molecular formula is C21H42F2OSi. The Bertz CT molecular complexity index is 303. The van der Waals surface area contributed by atoms with E-state index >= 15 is 0 Å². The average Bonchev–Trinajstić information content (AvgIpc) is 2.52. The first-order valence-electron chi connectivity index (χ1n) is 10.5. The van der Waals surface area contributed by atoms with Crippen molar-refractivity contribution >= 4 is 10.2 Å². The molecule has 0 heterocycles. The molecule has 0 spiro atoms. The van der Waals surface area contributed by atoms with E-state index in [0.29, 0.717) is 13.0 Å². The molecule has 0 aromatic rings. The standard InChI is InChI=1S/C21H42F2OSi/c1-20(2)19-24-18-16-14-12-10-8-6-4-3-5-7-9-11-13-15-17-21(22,23)25/h1,3-19H2,2,25H3. The lowest BCUT2D eigenvalue weighted by molar-refractivity contribution is 0.0819. The average molecular weight is 377 g/mol. The van der Waals surface area contributed by atoms with Gasteiger partial charge in [0.15, 0.2) is 0 Å². The Hall–Kier alpha value is -0.223. The van der Waals surface area contributed by atoms with Crippen LogP contribution in [0.5, 0.6) is 0 Å². The molecule has 0 bridgehead atoms. The van der Waals surface area contributed by atoms with Crippen molar-refractivity contribution < 1.29 is 13.5 Å². The quantitative estimate of drug-likeness (QED) is 0.144. The minimum Gasteiger partial charge on any atom is -0.377 e. The number of rotatable bonds is 19. The predicted octanol–water partition coefficient (Wildman–Crippen LogP) is 6.39. The molecule has 0 aromatic heterocycles. The highest BCUT2D eigenvalue weighted by Gasteiger charge is 2.18. The van der Waals surface area contributed by atoms with Gasteiger partial charge in [-0.3, -0.25) is 0 Å². The fourth-order valence-corrected chi connectivity index (χ4v) is 3.36. The van der Waals surface area contributed by atoms with Crippen LogP contribution in [-0.4, -0.2) is 29.0 Å². The van der Waals surface area contributed by atoms with Gasteiger partial charge in [0.05, 0.1) is 16.8 Å². The van der Waals surface area contributed by atoms with Gasteiger partial charge in [-0.15, -0.1) is 0 Å². The summed E-state index contributed by atoms with van der Waals surface area (Å²) in [6.45, 7) is 7.40. The lowest BCUT2D eigenvalue weighted by atomic mass is 10.0. The van der Waals surface area contributed by atoms with Crippen LogP contribution < -0.4 is 0 Å². The molecule has 0 aromatic carbocycles. The maximum absolute atomic E-state index is 12.7. The molecule has 1 nitrogen and oxygen atoms in total. The van der Waals surface area contributed by atoms with Gasteiger partial charge in [-0.1, -0.05) is 89.2 Å². The molecule has 0 fully saturated rings. The summed E-state index contributed by atoms with van der Waals surface area (Å²) in [4.78, 5) is 0. The molecule has 0 N–H and O–H groups in total. The van der Waals surface area contributed by atoms with Gasteiger partial charge in [0.2, 0.25) is 5.55 Å². The molecule has 4 heteroatoms.